The van der Waals surface area contributed by atoms with Crippen LogP contribution in [0.15, 0.2) is 0 Å². The number of hydrogen-bond donors (Lipinski definition) is 1. The van der Waals surface area contributed by atoms with Crippen molar-refractivity contribution in [2.24, 2.45) is 17.3 Å². The summed E-state index contributed by atoms with van der Waals surface area (Å²) >= 11 is 0. The van der Waals surface area contributed by atoms with Crippen LogP contribution in [-0.2, 0) is 0 Å². The van der Waals surface area contributed by atoms with Gasteiger partial charge in [0.05, 0.1) is 12.0 Å². The van der Waals surface area contributed by atoms with Gasteiger partial charge in [-0.3, -0.25) is 0 Å². The Balaban J connectivity index is 3.59. The molecule has 0 rings (SSSR count). The molecule has 0 spiro atoms. The lowest BCUT2D eigenvalue weighted by molar-refractivity contribution is 0.354. The van der Waals surface area contributed by atoms with Crippen LogP contribution in [0.5, 0.6) is 0 Å². The van der Waals surface area contributed by atoms with E-state index in [0.29, 0.717) is 11.3 Å². The lowest BCUT2D eigenvalue weighted by Gasteiger charge is -2.19. The van der Waals surface area contributed by atoms with E-state index in [1.807, 2.05) is 0 Å². The van der Waals surface area contributed by atoms with Gasteiger partial charge in [-0.05, 0) is 24.3 Å². The molecule has 0 aliphatic heterocycles. The molecule has 0 heterocycles. The molecule has 14 heavy (non-hydrogen) atoms. The second-order valence-corrected chi connectivity index (χ2v) is 5.49. The van der Waals surface area contributed by atoms with Gasteiger partial charge in [-0.1, -0.05) is 34.6 Å². The minimum absolute atomic E-state index is 0.148. The molecule has 0 aromatic heterocycles. The highest BCUT2D eigenvalue weighted by Crippen LogP contribution is 2.17. The third-order valence-electron chi connectivity index (χ3n) is 2.39. The fourth-order valence-corrected chi connectivity index (χ4v) is 1.15. The summed E-state index contributed by atoms with van der Waals surface area (Å²) in [6, 6.07) is 2.34. The van der Waals surface area contributed by atoms with Crippen molar-refractivity contribution >= 4 is 0 Å². The molecule has 0 aliphatic rings. The van der Waals surface area contributed by atoms with Crippen LogP contribution in [0.1, 0.15) is 41.0 Å². The van der Waals surface area contributed by atoms with Gasteiger partial charge >= 0.3 is 0 Å². The van der Waals surface area contributed by atoms with E-state index in [9.17, 15) is 0 Å². The van der Waals surface area contributed by atoms with E-state index in [2.05, 4.69) is 46.0 Å². The molecule has 0 bridgehead atoms. The van der Waals surface area contributed by atoms with Gasteiger partial charge in [0, 0.05) is 6.54 Å². The average Bonchev–Trinajstić information content (AvgIpc) is 2.01. The van der Waals surface area contributed by atoms with Crippen LogP contribution in [0.2, 0.25) is 0 Å². The lowest BCUT2D eigenvalue weighted by Crippen LogP contribution is -2.28. The highest BCUT2D eigenvalue weighted by atomic mass is 14.9. The van der Waals surface area contributed by atoms with E-state index in [1.165, 1.54) is 0 Å². The molecular formula is C12H24N2. The van der Waals surface area contributed by atoms with Crippen LogP contribution in [0.3, 0.4) is 0 Å². The van der Waals surface area contributed by atoms with Crippen LogP contribution in [0.25, 0.3) is 0 Å². The molecule has 82 valence electrons. The molecule has 0 aromatic carbocycles. The fourth-order valence-electron chi connectivity index (χ4n) is 1.15. The molecule has 1 N–H and O–H groups in total. The zero-order valence-electron chi connectivity index (χ0n) is 10.2. The Labute approximate surface area is 88.7 Å². The molecule has 2 nitrogen and oxygen atoms in total. The van der Waals surface area contributed by atoms with Gasteiger partial charge in [-0.2, -0.15) is 5.26 Å². The largest absolute Gasteiger partial charge is 0.315 e. The van der Waals surface area contributed by atoms with Crippen molar-refractivity contribution in [1.29, 1.82) is 5.26 Å². The van der Waals surface area contributed by atoms with E-state index in [1.54, 1.807) is 0 Å². The maximum Gasteiger partial charge on any atom is 0.0671 e. The predicted molar refractivity (Wildman–Crippen MR) is 60.9 cm³/mol. The first-order valence-corrected chi connectivity index (χ1v) is 5.47. The Bertz CT molecular complexity index is 183. The average molecular weight is 196 g/mol. The van der Waals surface area contributed by atoms with Gasteiger partial charge in [0.2, 0.25) is 0 Å². The van der Waals surface area contributed by atoms with Gasteiger partial charge in [0.25, 0.3) is 0 Å². The molecule has 0 radical (unpaired) electrons. The Morgan fingerprint density at radius 1 is 1.29 bits per heavy atom. The Morgan fingerprint density at radius 2 is 1.86 bits per heavy atom. The van der Waals surface area contributed by atoms with Crippen LogP contribution >= 0.6 is 0 Å². The lowest BCUT2D eigenvalue weighted by atomic mass is 9.92. The number of nitriles is 1. The highest BCUT2D eigenvalue weighted by Gasteiger charge is 2.13. The van der Waals surface area contributed by atoms with Crippen molar-refractivity contribution < 1.29 is 0 Å². The third-order valence-corrected chi connectivity index (χ3v) is 2.39. The summed E-state index contributed by atoms with van der Waals surface area (Å²) in [7, 11) is 0. The van der Waals surface area contributed by atoms with E-state index in [-0.39, 0.29) is 5.92 Å². The number of nitrogens with zero attached hydrogens (tertiary/aromatic N) is 1. The first-order chi connectivity index (χ1) is 6.37. The summed E-state index contributed by atoms with van der Waals surface area (Å²) < 4.78 is 0. The molecule has 0 saturated heterocycles. The molecular weight excluding hydrogens is 172 g/mol. The minimum Gasteiger partial charge on any atom is -0.315 e. The van der Waals surface area contributed by atoms with E-state index < -0.39 is 0 Å². The van der Waals surface area contributed by atoms with Gasteiger partial charge in [-0.15, -0.1) is 0 Å². The van der Waals surface area contributed by atoms with Gasteiger partial charge in [0.15, 0.2) is 0 Å². The van der Waals surface area contributed by atoms with Crippen molar-refractivity contribution in [3.05, 3.63) is 0 Å². The SMILES string of the molecule is CC(C)C(C#N)CNCCC(C)(C)C. The van der Waals surface area contributed by atoms with Gasteiger partial charge in [-0.25, -0.2) is 0 Å². The van der Waals surface area contributed by atoms with E-state index >= 15 is 0 Å². The maximum absolute atomic E-state index is 8.87. The Hall–Kier alpha value is -0.550. The van der Waals surface area contributed by atoms with Crippen LogP contribution in [0.4, 0.5) is 0 Å². The number of rotatable bonds is 5. The Morgan fingerprint density at radius 3 is 2.21 bits per heavy atom. The third kappa shape index (κ3) is 6.91. The second kappa shape index (κ2) is 6.03. The van der Waals surface area contributed by atoms with E-state index in [0.717, 1.165) is 19.5 Å². The quantitative estimate of drug-likeness (QED) is 0.686. The second-order valence-electron chi connectivity index (χ2n) is 5.49. The summed E-state index contributed by atoms with van der Waals surface area (Å²) in [4.78, 5) is 0. The fraction of sp³-hybridized carbons (Fsp3) is 0.917. The van der Waals surface area contributed by atoms with Crippen LogP contribution < -0.4 is 5.32 Å². The highest BCUT2D eigenvalue weighted by molar-refractivity contribution is 4.86. The van der Waals surface area contributed by atoms with Crippen molar-refractivity contribution in [1.82, 2.24) is 5.32 Å². The molecule has 0 aromatic rings. The maximum atomic E-state index is 8.87. The zero-order valence-corrected chi connectivity index (χ0v) is 10.2. The molecule has 1 unspecified atom stereocenters. The predicted octanol–water partition coefficient (Wildman–Crippen LogP) is 2.81. The molecule has 0 amide bonds. The molecule has 0 saturated carbocycles. The Kier molecular flexibility index (Phi) is 5.79. The molecule has 0 aliphatic carbocycles. The van der Waals surface area contributed by atoms with Crippen molar-refractivity contribution in [3.63, 3.8) is 0 Å². The van der Waals surface area contributed by atoms with Gasteiger partial charge < -0.3 is 5.32 Å². The topological polar surface area (TPSA) is 35.8 Å². The van der Waals surface area contributed by atoms with Crippen LogP contribution in [0, 0.1) is 28.6 Å². The van der Waals surface area contributed by atoms with Crippen molar-refractivity contribution in [3.8, 4) is 6.07 Å². The minimum atomic E-state index is 0.148. The summed E-state index contributed by atoms with van der Waals surface area (Å²) in [5, 5.41) is 12.2. The summed E-state index contributed by atoms with van der Waals surface area (Å²) in [6.07, 6.45) is 1.16. The molecule has 2 heteroatoms. The summed E-state index contributed by atoms with van der Waals surface area (Å²) in [5.41, 5.74) is 0.382. The molecule has 0 fully saturated rings. The van der Waals surface area contributed by atoms with Crippen LogP contribution in [-0.4, -0.2) is 13.1 Å². The number of hydrogen-bond acceptors (Lipinski definition) is 2. The van der Waals surface area contributed by atoms with Crippen molar-refractivity contribution in [2.45, 2.75) is 41.0 Å². The number of nitrogens with one attached hydrogen (secondary N) is 1. The standard InChI is InChI=1S/C12H24N2/c1-10(2)11(8-13)9-14-7-6-12(3,4)5/h10-11,14H,6-7,9H2,1-5H3. The summed E-state index contributed by atoms with van der Waals surface area (Å²) in [6.45, 7) is 12.7. The zero-order chi connectivity index (χ0) is 11.2. The first-order valence-electron chi connectivity index (χ1n) is 5.47. The van der Waals surface area contributed by atoms with Gasteiger partial charge in [0.1, 0.15) is 0 Å². The monoisotopic (exact) mass is 196 g/mol. The van der Waals surface area contributed by atoms with Crippen molar-refractivity contribution in [2.75, 3.05) is 13.1 Å². The molecule has 1 atom stereocenters. The summed E-state index contributed by atoms with van der Waals surface area (Å²) in [5.74, 6) is 0.595. The first kappa shape index (κ1) is 13.4. The smallest absolute Gasteiger partial charge is 0.0671 e. The van der Waals surface area contributed by atoms with E-state index in [4.69, 9.17) is 5.26 Å². The normalized spacial score (nSPS) is 14.1.